The fourth-order valence-electron chi connectivity index (χ4n) is 4.72. The molecule has 1 aliphatic carbocycles. The van der Waals surface area contributed by atoms with Crippen molar-refractivity contribution < 1.29 is 32.7 Å². The largest absolute Gasteiger partial charge is 0.465 e. The van der Waals surface area contributed by atoms with Crippen molar-refractivity contribution in [1.29, 1.82) is 0 Å². The average Bonchev–Trinajstić information content (AvgIpc) is 3.51. The van der Waals surface area contributed by atoms with E-state index in [9.17, 15) is 18.9 Å². The molecule has 45 heavy (non-hydrogen) atoms. The number of esters is 2. The van der Waals surface area contributed by atoms with Gasteiger partial charge >= 0.3 is 19.5 Å². The van der Waals surface area contributed by atoms with Crippen LogP contribution in [0.25, 0.3) is 17.4 Å². The minimum Gasteiger partial charge on any atom is -0.465 e. The number of aromatic amines is 1. The van der Waals surface area contributed by atoms with Crippen molar-refractivity contribution in [3.05, 3.63) is 51.0 Å². The standard InChI is InChI=1S/C30H39BrN5O8P/c1-5-7-20(4)43-28(39)19(3)15-45(40,44-23-11-9-22(31)10-12-23)42-17-30(16-41-24(37)8-6-2)13-21(30)14-36-18-33-25-26(36)34-29(32)35-27(25)38/h9-12,14,18-20H,5-8,13,15-17H2,1-4H3,(H3,32,34,35,38)/b21-14-/t19-,20+,30+,45+/m1/s1. The van der Waals surface area contributed by atoms with E-state index in [1.807, 2.05) is 20.8 Å². The number of ether oxygens (including phenoxy) is 2. The monoisotopic (exact) mass is 707 g/mol. The highest BCUT2D eigenvalue weighted by molar-refractivity contribution is 9.10. The number of aromatic nitrogens is 4. The number of benzene rings is 1. The predicted molar refractivity (Wildman–Crippen MR) is 173 cm³/mol. The Balaban J connectivity index is 1.60. The molecular weight excluding hydrogens is 669 g/mol. The van der Waals surface area contributed by atoms with E-state index in [4.69, 9.17) is 24.3 Å². The summed E-state index contributed by atoms with van der Waals surface area (Å²) in [6, 6.07) is 6.76. The number of nitrogens with zero attached hydrogens (tertiary/aromatic N) is 3. The molecule has 0 unspecified atom stereocenters. The number of carbonyl (C=O) groups is 2. The maximum Gasteiger partial charge on any atom is 0.380 e. The SMILES string of the molecule is CCCC(=O)OC[C@]1(CO[P@@](=O)(C[C@@H](C)C(=O)O[C@@H](C)CCC)Oc2ccc(Br)cc2)C/C1=C/n1cnc2c(=O)[nH]c(N)nc21. The van der Waals surface area contributed by atoms with Gasteiger partial charge in [-0.25, -0.2) is 9.55 Å². The summed E-state index contributed by atoms with van der Waals surface area (Å²) >= 11 is 3.38. The Bertz CT molecular complexity index is 1660. The first kappa shape index (κ1) is 34.4. The lowest BCUT2D eigenvalue weighted by Crippen LogP contribution is -2.26. The van der Waals surface area contributed by atoms with Gasteiger partial charge in [-0.15, -0.1) is 0 Å². The normalized spacial score (nSPS) is 19.5. The number of halogens is 1. The summed E-state index contributed by atoms with van der Waals surface area (Å²) in [4.78, 5) is 48.2. The van der Waals surface area contributed by atoms with Gasteiger partial charge in [-0.3, -0.25) is 28.5 Å². The van der Waals surface area contributed by atoms with Crippen LogP contribution in [0.5, 0.6) is 5.75 Å². The number of rotatable bonds is 16. The molecule has 0 spiro atoms. The second-order valence-corrected chi connectivity index (χ2v) is 14.3. The summed E-state index contributed by atoms with van der Waals surface area (Å²) in [6.07, 6.45) is 5.49. The molecule has 0 saturated heterocycles. The fourth-order valence-corrected chi connectivity index (χ4v) is 6.92. The molecule has 1 fully saturated rings. The maximum atomic E-state index is 14.3. The molecule has 13 nitrogen and oxygen atoms in total. The molecule has 1 saturated carbocycles. The molecule has 3 N–H and O–H groups in total. The highest BCUT2D eigenvalue weighted by atomic mass is 79.9. The van der Waals surface area contributed by atoms with Gasteiger partial charge in [-0.1, -0.05) is 43.1 Å². The smallest absolute Gasteiger partial charge is 0.380 e. The van der Waals surface area contributed by atoms with Crippen LogP contribution in [-0.4, -0.2) is 56.9 Å². The van der Waals surface area contributed by atoms with Crippen molar-refractivity contribution in [3.63, 3.8) is 0 Å². The third-order valence-corrected chi connectivity index (χ3v) is 9.84. The van der Waals surface area contributed by atoms with Gasteiger partial charge in [0, 0.05) is 17.1 Å². The average molecular weight is 709 g/mol. The van der Waals surface area contributed by atoms with E-state index in [-0.39, 0.29) is 55.0 Å². The first-order chi connectivity index (χ1) is 21.4. The number of nitrogen functional groups attached to an aromatic ring is 1. The van der Waals surface area contributed by atoms with Crippen LogP contribution >= 0.6 is 23.5 Å². The zero-order chi connectivity index (χ0) is 32.8. The van der Waals surface area contributed by atoms with Crippen molar-refractivity contribution >= 4 is 58.8 Å². The predicted octanol–water partition coefficient (Wildman–Crippen LogP) is 5.70. The Kier molecular flexibility index (Phi) is 11.3. The number of H-pyrrole nitrogens is 1. The van der Waals surface area contributed by atoms with Gasteiger partial charge in [0.05, 0.1) is 30.2 Å². The van der Waals surface area contributed by atoms with Crippen molar-refractivity contribution in [2.45, 2.75) is 65.9 Å². The van der Waals surface area contributed by atoms with Crippen LogP contribution in [0.4, 0.5) is 5.95 Å². The summed E-state index contributed by atoms with van der Waals surface area (Å²) in [5, 5.41) is 0. The molecule has 0 bridgehead atoms. The quantitative estimate of drug-likeness (QED) is 0.138. The first-order valence-electron chi connectivity index (χ1n) is 14.9. The van der Waals surface area contributed by atoms with Gasteiger partial charge in [0.25, 0.3) is 5.56 Å². The minimum absolute atomic E-state index is 0.0368. The van der Waals surface area contributed by atoms with Crippen LogP contribution in [-0.2, 0) is 28.2 Å². The van der Waals surface area contributed by atoms with Crippen LogP contribution in [0.3, 0.4) is 0 Å². The number of imidazole rings is 1. The van der Waals surface area contributed by atoms with Crippen LogP contribution in [0.15, 0.2) is 45.4 Å². The molecule has 2 aromatic heterocycles. The van der Waals surface area contributed by atoms with Crippen molar-refractivity contribution in [1.82, 2.24) is 19.5 Å². The number of carbonyl (C=O) groups excluding carboxylic acids is 2. The molecule has 0 aliphatic heterocycles. The molecule has 0 amide bonds. The van der Waals surface area contributed by atoms with Gasteiger partial charge in [-0.05, 0) is 56.0 Å². The Morgan fingerprint density at radius 1 is 1.20 bits per heavy atom. The van der Waals surface area contributed by atoms with Gasteiger partial charge < -0.3 is 19.7 Å². The topological polar surface area (TPSA) is 178 Å². The van der Waals surface area contributed by atoms with Crippen molar-refractivity contribution in [2.75, 3.05) is 25.1 Å². The number of nitrogens with one attached hydrogen (secondary N) is 1. The van der Waals surface area contributed by atoms with E-state index in [2.05, 4.69) is 30.9 Å². The van der Waals surface area contributed by atoms with Crippen LogP contribution in [0.2, 0.25) is 0 Å². The molecule has 0 radical (unpaired) electrons. The first-order valence-corrected chi connectivity index (χ1v) is 17.4. The van der Waals surface area contributed by atoms with Crippen LogP contribution in [0, 0.1) is 11.3 Å². The van der Waals surface area contributed by atoms with Gasteiger partial charge in [-0.2, -0.15) is 4.98 Å². The lowest BCUT2D eigenvalue weighted by molar-refractivity contribution is -0.152. The second-order valence-electron chi connectivity index (χ2n) is 11.3. The Morgan fingerprint density at radius 2 is 1.93 bits per heavy atom. The van der Waals surface area contributed by atoms with Gasteiger partial charge in [0.2, 0.25) is 5.95 Å². The maximum absolute atomic E-state index is 14.3. The zero-order valence-corrected chi connectivity index (χ0v) is 28.3. The van der Waals surface area contributed by atoms with Crippen molar-refractivity contribution in [2.24, 2.45) is 11.3 Å². The summed E-state index contributed by atoms with van der Waals surface area (Å²) < 4.78 is 39.8. The molecule has 3 aromatic rings. The molecule has 244 valence electrons. The van der Waals surface area contributed by atoms with Crippen molar-refractivity contribution in [3.8, 4) is 5.75 Å². The molecule has 4 rings (SSSR count). The van der Waals surface area contributed by atoms with E-state index in [1.54, 1.807) is 42.0 Å². The molecule has 15 heteroatoms. The number of fused-ring (bicyclic) bond motifs is 1. The van der Waals surface area contributed by atoms with E-state index in [0.29, 0.717) is 25.0 Å². The summed E-state index contributed by atoms with van der Waals surface area (Å²) in [7, 11) is -3.97. The highest BCUT2D eigenvalue weighted by Gasteiger charge is 2.52. The van der Waals surface area contributed by atoms with E-state index >= 15 is 0 Å². The Labute approximate surface area is 269 Å². The summed E-state index contributed by atoms with van der Waals surface area (Å²) in [5.41, 5.74) is 5.57. The molecular formula is C30H39BrN5O8P. The van der Waals surface area contributed by atoms with Crippen LogP contribution < -0.4 is 15.8 Å². The Hall–Kier alpha value is -3.48. The van der Waals surface area contributed by atoms with E-state index < -0.39 is 30.5 Å². The molecule has 1 aliphatic rings. The molecule has 4 atom stereocenters. The van der Waals surface area contributed by atoms with Gasteiger partial charge in [0.1, 0.15) is 18.7 Å². The van der Waals surface area contributed by atoms with E-state index in [0.717, 1.165) is 16.5 Å². The third kappa shape index (κ3) is 9.05. The number of nitrogens with two attached hydrogens (primary N) is 1. The lowest BCUT2D eigenvalue weighted by atomic mass is 10.1. The van der Waals surface area contributed by atoms with Crippen LogP contribution in [0.1, 0.15) is 59.8 Å². The van der Waals surface area contributed by atoms with Gasteiger partial charge in [0.15, 0.2) is 11.2 Å². The number of hydrogen-bond donors (Lipinski definition) is 2. The minimum atomic E-state index is -3.97. The number of hydrogen-bond acceptors (Lipinski definition) is 11. The molecule has 2 heterocycles. The molecule has 1 aromatic carbocycles. The number of anilines is 1. The Morgan fingerprint density at radius 3 is 2.62 bits per heavy atom. The lowest BCUT2D eigenvalue weighted by Gasteiger charge is -2.25. The second kappa shape index (κ2) is 14.7. The zero-order valence-electron chi connectivity index (χ0n) is 25.8. The summed E-state index contributed by atoms with van der Waals surface area (Å²) in [6.45, 7) is 7.14. The summed E-state index contributed by atoms with van der Waals surface area (Å²) in [5.74, 6) is -1.42. The fraction of sp³-hybridized carbons (Fsp3) is 0.500. The van der Waals surface area contributed by atoms with E-state index in [1.165, 1.54) is 6.33 Å². The third-order valence-electron chi connectivity index (χ3n) is 7.30. The highest BCUT2D eigenvalue weighted by Crippen LogP contribution is 2.58.